The molecule has 3 aromatic heterocycles. The van der Waals surface area contributed by atoms with Crippen molar-refractivity contribution in [2.75, 3.05) is 0 Å². The van der Waals surface area contributed by atoms with E-state index in [0.29, 0.717) is 5.69 Å². The third kappa shape index (κ3) is 4.16. The summed E-state index contributed by atoms with van der Waals surface area (Å²) in [5, 5.41) is 7.25. The topological polar surface area (TPSA) is 19.1 Å². The fraction of sp³-hybridized carbons (Fsp3) is 0. The van der Waals surface area contributed by atoms with E-state index >= 15 is 0 Å². The molecule has 0 bridgehead atoms. The summed E-state index contributed by atoms with van der Waals surface area (Å²) >= 11 is 0. The summed E-state index contributed by atoms with van der Waals surface area (Å²) in [5.74, 6) is 0. The molecule has 4 nitrogen and oxygen atoms in total. The summed E-state index contributed by atoms with van der Waals surface area (Å²) in [7, 11) is 0. The van der Waals surface area contributed by atoms with Gasteiger partial charge in [-0.1, -0.05) is 121 Å². The molecule has 0 aliphatic carbocycles. The first-order chi connectivity index (χ1) is 26.3. The molecular formula is C49H30N4. The molecule has 11 aromatic rings. The summed E-state index contributed by atoms with van der Waals surface area (Å²) in [6.45, 7) is 8.39. The molecule has 11 rings (SSSR count). The fourth-order valence-electron chi connectivity index (χ4n) is 8.68. The standard InChI is InChI=1S/C49H30N4/c1-50-40-31-32(27-29-46(40)52-43-24-12-6-18-35(43)36-19-7-13-25-44(36)52)34-17-5-10-22-41(34)53-45-26-14-9-21-39(45)48-47(53)30-28-38-37-20-8-11-23-42(37)51(49(38)48)33-15-3-2-4-16-33/h2-31H. The number of para-hydroxylation sites is 6. The van der Waals surface area contributed by atoms with Gasteiger partial charge in [-0.25, -0.2) is 4.85 Å². The van der Waals surface area contributed by atoms with Crippen molar-refractivity contribution >= 4 is 71.1 Å². The van der Waals surface area contributed by atoms with Crippen LogP contribution in [-0.4, -0.2) is 13.7 Å². The van der Waals surface area contributed by atoms with E-state index in [0.717, 1.165) is 50.3 Å². The van der Waals surface area contributed by atoms with Gasteiger partial charge in [0, 0.05) is 43.6 Å². The number of benzene rings is 8. The van der Waals surface area contributed by atoms with Crippen LogP contribution in [0.5, 0.6) is 0 Å². The van der Waals surface area contributed by atoms with Gasteiger partial charge < -0.3 is 13.7 Å². The zero-order valence-corrected chi connectivity index (χ0v) is 28.6. The Morgan fingerprint density at radius 3 is 1.58 bits per heavy atom. The minimum Gasteiger partial charge on any atom is -0.319 e. The van der Waals surface area contributed by atoms with Crippen molar-refractivity contribution in [2.24, 2.45) is 0 Å². The molecular weight excluding hydrogens is 645 g/mol. The number of nitrogens with zero attached hydrogens (tertiary/aromatic N) is 4. The quantitative estimate of drug-likeness (QED) is 0.166. The van der Waals surface area contributed by atoms with Crippen molar-refractivity contribution in [3.8, 4) is 28.2 Å². The highest BCUT2D eigenvalue weighted by Gasteiger charge is 2.22. The van der Waals surface area contributed by atoms with Crippen LogP contribution in [0, 0.1) is 6.57 Å². The normalized spacial score (nSPS) is 11.8. The Labute approximate surface area is 305 Å². The molecule has 0 spiro atoms. The minimum atomic E-state index is 0.611. The summed E-state index contributed by atoms with van der Waals surface area (Å²) in [6, 6.07) is 64.5. The maximum Gasteiger partial charge on any atom is 0.211 e. The fourth-order valence-corrected chi connectivity index (χ4v) is 8.68. The van der Waals surface area contributed by atoms with E-state index in [1.54, 1.807) is 0 Å². The van der Waals surface area contributed by atoms with Crippen molar-refractivity contribution in [3.63, 3.8) is 0 Å². The second-order valence-electron chi connectivity index (χ2n) is 13.6. The van der Waals surface area contributed by atoms with Gasteiger partial charge in [-0.15, -0.1) is 0 Å². The molecule has 3 heterocycles. The van der Waals surface area contributed by atoms with Crippen LogP contribution in [0.15, 0.2) is 182 Å². The molecule has 0 radical (unpaired) electrons. The molecule has 0 atom stereocenters. The second-order valence-corrected chi connectivity index (χ2v) is 13.6. The highest BCUT2D eigenvalue weighted by molar-refractivity contribution is 6.26. The molecule has 0 N–H and O–H groups in total. The minimum absolute atomic E-state index is 0.611. The van der Waals surface area contributed by atoms with Crippen molar-refractivity contribution < 1.29 is 0 Å². The average Bonchev–Trinajstić information content (AvgIpc) is 3.87. The number of rotatable bonds is 4. The maximum absolute atomic E-state index is 8.39. The van der Waals surface area contributed by atoms with E-state index in [2.05, 4.69) is 201 Å². The molecule has 8 aromatic carbocycles. The molecule has 0 aliphatic rings. The first kappa shape index (κ1) is 29.4. The van der Waals surface area contributed by atoms with Crippen molar-refractivity contribution in [2.45, 2.75) is 0 Å². The van der Waals surface area contributed by atoms with Gasteiger partial charge in [-0.3, -0.25) is 0 Å². The Morgan fingerprint density at radius 2 is 0.906 bits per heavy atom. The van der Waals surface area contributed by atoms with Crippen molar-refractivity contribution in [3.05, 3.63) is 193 Å². The predicted molar refractivity (Wildman–Crippen MR) is 221 cm³/mol. The van der Waals surface area contributed by atoms with Gasteiger partial charge in [-0.05, 0) is 66.2 Å². The zero-order valence-electron chi connectivity index (χ0n) is 28.6. The summed E-state index contributed by atoms with van der Waals surface area (Å²) in [5.41, 5.74) is 12.6. The summed E-state index contributed by atoms with van der Waals surface area (Å²) < 4.78 is 7.06. The van der Waals surface area contributed by atoms with Gasteiger partial charge in [0.15, 0.2) is 0 Å². The van der Waals surface area contributed by atoms with E-state index < -0.39 is 0 Å². The Kier molecular flexibility index (Phi) is 6.28. The third-order valence-corrected chi connectivity index (χ3v) is 10.9. The average molecular weight is 675 g/mol. The third-order valence-electron chi connectivity index (χ3n) is 10.9. The summed E-state index contributed by atoms with van der Waals surface area (Å²) in [6.07, 6.45) is 0. The highest BCUT2D eigenvalue weighted by atomic mass is 15.0. The van der Waals surface area contributed by atoms with Crippen molar-refractivity contribution in [1.82, 2.24) is 13.7 Å². The first-order valence-corrected chi connectivity index (χ1v) is 17.9. The van der Waals surface area contributed by atoms with Crippen LogP contribution < -0.4 is 0 Å². The maximum atomic E-state index is 8.39. The van der Waals surface area contributed by atoms with Crippen molar-refractivity contribution in [1.29, 1.82) is 0 Å². The van der Waals surface area contributed by atoms with Crippen LogP contribution >= 0.6 is 0 Å². The van der Waals surface area contributed by atoms with Gasteiger partial charge in [-0.2, -0.15) is 0 Å². The smallest absolute Gasteiger partial charge is 0.211 e. The lowest BCUT2D eigenvalue weighted by Crippen LogP contribution is -1.98. The SMILES string of the molecule is [C-]#[N+]c1cc(-c2ccccc2-n2c3ccccc3c3c2ccc2c4ccccc4n(-c4ccccc4)c23)ccc1-n1c2ccccc2c2ccccc21. The van der Waals surface area contributed by atoms with E-state index in [4.69, 9.17) is 6.57 Å². The van der Waals surface area contributed by atoms with E-state index in [9.17, 15) is 0 Å². The Morgan fingerprint density at radius 1 is 0.377 bits per heavy atom. The Hall–Kier alpha value is -7.35. The molecule has 53 heavy (non-hydrogen) atoms. The Bertz CT molecular complexity index is 3240. The molecule has 0 aliphatic heterocycles. The number of hydrogen-bond donors (Lipinski definition) is 0. The van der Waals surface area contributed by atoms with E-state index in [1.165, 1.54) is 43.4 Å². The first-order valence-electron chi connectivity index (χ1n) is 17.9. The molecule has 0 unspecified atom stereocenters. The van der Waals surface area contributed by atoms with Crippen LogP contribution in [-0.2, 0) is 0 Å². The van der Waals surface area contributed by atoms with E-state index in [-0.39, 0.29) is 0 Å². The molecule has 0 saturated carbocycles. The highest BCUT2D eigenvalue weighted by Crippen LogP contribution is 2.44. The predicted octanol–water partition coefficient (Wildman–Crippen LogP) is 13.2. The largest absolute Gasteiger partial charge is 0.319 e. The molecule has 0 amide bonds. The van der Waals surface area contributed by atoms with Crippen LogP contribution in [0.1, 0.15) is 0 Å². The molecule has 246 valence electrons. The number of fused-ring (bicyclic) bond motifs is 10. The molecule has 0 fully saturated rings. The lowest BCUT2D eigenvalue weighted by molar-refractivity contribution is 1.17. The Balaban J connectivity index is 1.18. The van der Waals surface area contributed by atoms with Gasteiger partial charge >= 0.3 is 0 Å². The van der Waals surface area contributed by atoms with Crippen LogP contribution in [0.3, 0.4) is 0 Å². The number of aromatic nitrogens is 3. The zero-order chi connectivity index (χ0) is 35.0. The van der Waals surface area contributed by atoms with Gasteiger partial charge in [0.05, 0.1) is 51.0 Å². The lowest BCUT2D eigenvalue weighted by atomic mass is 10.0. The van der Waals surface area contributed by atoms with Crippen LogP contribution in [0.25, 0.3) is 98.5 Å². The number of hydrogen-bond acceptors (Lipinski definition) is 0. The van der Waals surface area contributed by atoms with E-state index in [1.807, 2.05) is 0 Å². The second kappa shape index (κ2) is 11.3. The van der Waals surface area contributed by atoms with Crippen LogP contribution in [0.4, 0.5) is 5.69 Å². The lowest BCUT2D eigenvalue weighted by Gasteiger charge is -2.16. The molecule has 4 heteroatoms. The van der Waals surface area contributed by atoms with Gasteiger partial charge in [0.1, 0.15) is 0 Å². The molecule has 0 saturated heterocycles. The monoisotopic (exact) mass is 674 g/mol. The summed E-state index contributed by atoms with van der Waals surface area (Å²) in [4.78, 5) is 4.13. The van der Waals surface area contributed by atoms with Crippen LogP contribution in [0.2, 0.25) is 0 Å². The van der Waals surface area contributed by atoms with Gasteiger partial charge in [0.25, 0.3) is 0 Å². The van der Waals surface area contributed by atoms with Gasteiger partial charge in [0.2, 0.25) is 5.69 Å².